The predicted octanol–water partition coefficient (Wildman–Crippen LogP) is 7.79. The van der Waals surface area contributed by atoms with Gasteiger partial charge in [0.05, 0.1) is 5.82 Å². The van der Waals surface area contributed by atoms with Gasteiger partial charge < -0.3 is 4.98 Å². The summed E-state index contributed by atoms with van der Waals surface area (Å²) in [5, 5.41) is 0. The van der Waals surface area contributed by atoms with Crippen molar-refractivity contribution in [2.45, 2.75) is 20.3 Å². The number of halogens is 1. The average Bonchev–Trinajstić information content (AvgIpc) is 2.90. The van der Waals surface area contributed by atoms with Gasteiger partial charge in [0, 0.05) is 38.7 Å². The molecular formula is C30H24BrIrN3-2. The molecule has 0 atom stereocenters. The largest absolute Gasteiger partial charge is 0.304 e. The Morgan fingerprint density at radius 1 is 0.743 bits per heavy atom. The van der Waals surface area contributed by atoms with Crippen LogP contribution in [0.25, 0.3) is 33.8 Å². The van der Waals surface area contributed by atoms with Gasteiger partial charge in [-0.3, -0.25) is 9.97 Å². The number of hydrogen-bond acceptors (Lipinski definition) is 3. The minimum absolute atomic E-state index is 0. The first-order chi connectivity index (χ1) is 16.6. The standard InChI is InChI=1S/C18H15N2.C12H9BrN.Ir/c1-2-14-12-19-18(20-13-14)17-10-6-9-16(11-17)15-7-4-3-5-8-15;1-9-5-6-12(14-8-9)10-3-2-4-11(13)7-10;/h3-9,11-13H,2H2,1H3;2,4-8H,1H3;/q2*-1;. The first-order valence-corrected chi connectivity index (χ1v) is 11.9. The number of nitrogens with zero attached hydrogens (tertiary/aromatic N) is 3. The molecule has 3 aromatic carbocycles. The van der Waals surface area contributed by atoms with E-state index in [-0.39, 0.29) is 20.1 Å². The molecule has 35 heavy (non-hydrogen) atoms. The van der Waals surface area contributed by atoms with Crippen LogP contribution in [0.15, 0.2) is 102 Å². The van der Waals surface area contributed by atoms with Crippen molar-refractivity contribution in [3.8, 4) is 33.8 Å². The summed E-state index contributed by atoms with van der Waals surface area (Å²) in [6.07, 6.45) is 6.58. The van der Waals surface area contributed by atoms with Crippen LogP contribution in [0.1, 0.15) is 18.1 Å². The molecule has 0 saturated carbocycles. The Morgan fingerprint density at radius 2 is 1.46 bits per heavy atom. The number of aromatic nitrogens is 3. The maximum absolute atomic E-state index is 4.41. The molecule has 0 saturated heterocycles. The van der Waals surface area contributed by atoms with E-state index >= 15 is 0 Å². The Bertz CT molecular complexity index is 1340. The molecule has 3 nitrogen and oxygen atoms in total. The summed E-state index contributed by atoms with van der Waals surface area (Å²) >= 11 is 3.43. The number of benzene rings is 3. The minimum atomic E-state index is 0. The molecular weight excluding hydrogens is 674 g/mol. The van der Waals surface area contributed by atoms with Crippen LogP contribution in [0.2, 0.25) is 0 Å². The second-order valence-electron chi connectivity index (χ2n) is 7.77. The van der Waals surface area contributed by atoms with Crippen molar-refractivity contribution in [1.82, 2.24) is 15.0 Å². The van der Waals surface area contributed by atoms with Crippen molar-refractivity contribution in [3.05, 3.63) is 125 Å². The van der Waals surface area contributed by atoms with Gasteiger partial charge in [-0.1, -0.05) is 69.8 Å². The molecule has 0 bridgehead atoms. The van der Waals surface area contributed by atoms with Gasteiger partial charge >= 0.3 is 0 Å². The molecule has 0 spiro atoms. The van der Waals surface area contributed by atoms with E-state index in [1.165, 1.54) is 11.1 Å². The second-order valence-corrected chi connectivity index (χ2v) is 8.68. The van der Waals surface area contributed by atoms with Gasteiger partial charge in [0.25, 0.3) is 0 Å². The van der Waals surface area contributed by atoms with E-state index in [0.29, 0.717) is 0 Å². The zero-order valence-corrected chi connectivity index (χ0v) is 23.5. The van der Waals surface area contributed by atoms with Gasteiger partial charge in [-0.25, -0.2) is 0 Å². The zero-order chi connectivity index (χ0) is 23.8. The normalized spacial score (nSPS) is 10.0. The van der Waals surface area contributed by atoms with Crippen LogP contribution < -0.4 is 0 Å². The molecule has 2 aromatic heterocycles. The van der Waals surface area contributed by atoms with Crippen molar-refractivity contribution in [3.63, 3.8) is 0 Å². The summed E-state index contributed by atoms with van der Waals surface area (Å²) in [6, 6.07) is 32.6. The fourth-order valence-electron chi connectivity index (χ4n) is 3.30. The fraction of sp³-hybridized carbons (Fsp3) is 0.100. The molecule has 0 aliphatic heterocycles. The second kappa shape index (κ2) is 13.2. The van der Waals surface area contributed by atoms with Gasteiger partial charge in [0.15, 0.2) is 0 Å². The van der Waals surface area contributed by atoms with Crippen molar-refractivity contribution in [2.75, 3.05) is 0 Å². The molecule has 177 valence electrons. The topological polar surface area (TPSA) is 38.7 Å². The maximum atomic E-state index is 4.41. The SMILES string of the molecule is CCc1cnc(-c2[c-]ccc(-c3ccccc3)c2)nc1.Cc1ccc(-c2[c-]ccc(Br)c2)nc1.[Ir]. The maximum Gasteiger partial charge on any atom is 0.0748 e. The number of pyridine rings is 1. The number of rotatable bonds is 4. The van der Waals surface area contributed by atoms with E-state index in [1.807, 2.05) is 74.0 Å². The molecule has 5 aromatic rings. The van der Waals surface area contributed by atoms with Crippen LogP contribution in [0.5, 0.6) is 0 Å². The van der Waals surface area contributed by atoms with Crippen LogP contribution in [0.3, 0.4) is 0 Å². The summed E-state index contributed by atoms with van der Waals surface area (Å²) in [5.74, 6) is 0.722. The van der Waals surface area contributed by atoms with Crippen molar-refractivity contribution in [1.29, 1.82) is 0 Å². The first kappa shape index (κ1) is 26.6. The molecule has 5 rings (SSSR count). The van der Waals surface area contributed by atoms with E-state index in [1.54, 1.807) is 0 Å². The Labute approximate surface area is 229 Å². The van der Waals surface area contributed by atoms with Gasteiger partial charge in [0.1, 0.15) is 0 Å². The van der Waals surface area contributed by atoms with Crippen LogP contribution in [-0.4, -0.2) is 15.0 Å². The van der Waals surface area contributed by atoms with Gasteiger partial charge in [-0.2, -0.15) is 0 Å². The number of hydrogen-bond donors (Lipinski definition) is 0. The van der Waals surface area contributed by atoms with Crippen molar-refractivity contribution >= 4 is 15.9 Å². The zero-order valence-electron chi connectivity index (χ0n) is 19.5. The van der Waals surface area contributed by atoms with E-state index < -0.39 is 0 Å². The smallest absolute Gasteiger partial charge is 0.0748 e. The van der Waals surface area contributed by atoms with Crippen LogP contribution >= 0.6 is 15.9 Å². The molecule has 0 fully saturated rings. The van der Waals surface area contributed by atoms with E-state index in [4.69, 9.17) is 0 Å². The minimum Gasteiger partial charge on any atom is -0.304 e. The fourth-order valence-corrected chi connectivity index (χ4v) is 3.66. The van der Waals surface area contributed by atoms with E-state index in [2.05, 4.69) is 80.3 Å². The Balaban J connectivity index is 0.000000202. The van der Waals surface area contributed by atoms with Crippen molar-refractivity contribution in [2.24, 2.45) is 0 Å². The third-order valence-corrected chi connectivity index (χ3v) is 5.71. The summed E-state index contributed by atoms with van der Waals surface area (Å²) < 4.78 is 1.05. The average molecular weight is 699 g/mol. The Hall–Kier alpha value is -2.98. The van der Waals surface area contributed by atoms with Gasteiger partial charge in [-0.05, 0) is 35.7 Å². The van der Waals surface area contributed by atoms with E-state index in [9.17, 15) is 0 Å². The summed E-state index contributed by atoms with van der Waals surface area (Å²) in [4.78, 5) is 13.2. The monoisotopic (exact) mass is 698 g/mol. The van der Waals surface area contributed by atoms with Gasteiger partial charge in [-0.15, -0.1) is 65.2 Å². The first-order valence-electron chi connectivity index (χ1n) is 11.1. The summed E-state index contributed by atoms with van der Waals surface area (Å²) in [6.45, 7) is 4.13. The molecule has 0 amide bonds. The molecule has 2 heterocycles. The third kappa shape index (κ3) is 7.50. The number of aryl methyl sites for hydroxylation is 2. The van der Waals surface area contributed by atoms with E-state index in [0.717, 1.165) is 44.7 Å². The molecule has 0 N–H and O–H groups in total. The van der Waals surface area contributed by atoms with Crippen LogP contribution in [-0.2, 0) is 26.5 Å². The molecule has 1 radical (unpaired) electrons. The van der Waals surface area contributed by atoms with Crippen LogP contribution in [0, 0.1) is 19.1 Å². The predicted molar refractivity (Wildman–Crippen MR) is 142 cm³/mol. The molecule has 5 heteroatoms. The van der Waals surface area contributed by atoms with Gasteiger partial charge in [0.2, 0.25) is 0 Å². The molecule has 0 aliphatic carbocycles. The Kier molecular flexibility index (Phi) is 10.0. The van der Waals surface area contributed by atoms with Crippen molar-refractivity contribution < 1.29 is 20.1 Å². The Morgan fingerprint density at radius 3 is 2.11 bits per heavy atom. The summed E-state index contributed by atoms with van der Waals surface area (Å²) in [7, 11) is 0. The third-order valence-electron chi connectivity index (χ3n) is 5.21. The summed E-state index contributed by atoms with van der Waals surface area (Å²) in [5.41, 5.74) is 7.55. The molecule has 0 aliphatic rings. The van der Waals surface area contributed by atoms with Crippen LogP contribution in [0.4, 0.5) is 0 Å². The molecule has 0 unspecified atom stereocenters. The quantitative estimate of drug-likeness (QED) is 0.180.